The minimum atomic E-state index is 0.494. The van der Waals surface area contributed by atoms with Crippen LogP contribution in [-0.4, -0.2) is 25.3 Å². The van der Waals surface area contributed by atoms with Gasteiger partial charge in [0, 0.05) is 12.1 Å². The summed E-state index contributed by atoms with van der Waals surface area (Å²) in [7, 11) is 0. The maximum absolute atomic E-state index is 5.57. The molecule has 2 atom stereocenters. The van der Waals surface area contributed by atoms with Crippen molar-refractivity contribution in [3.8, 4) is 0 Å². The normalized spacial score (nSPS) is 24.9. The van der Waals surface area contributed by atoms with Crippen LogP contribution < -0.4 is 5.32 Å². The summed E-state index contributed by atoms with van der Waals surface area (Å²) in [6, 6.07) is 7.82. The zero-order valence-electron chi connectivity index (χ0n) is 11.1. The lowest BCUT2D eigenvalue weighted by Gasteiger charge is -2.29. The molecule has 0 amide bonds. The van der Waals surface area contributed by atoms with Crippen molar-refractivity contribution in [1.29, 1.82) is 0 Å². The summed E-state index contributed by atoms with van der Waals surface area (Å²) in [5.74, 6) is 0. The van der Waals surface area contributed by atoms with Crippen molar-refractivity contribution < 1.29 is 4.74 Å². The molecule has 1 aliphatic rings. The summed E-state index contributed by atoms with van der Waals surface area (Å²) in [5.41, 5.74) is 4.17. The number of nitrogens with one attached hydrogen (secondary N) is 1. The molecule has 0 bridgehead atoms. The molecule has 1 heterocycles. The van der Waals surface area contributed by atoms with Crippen LogP contribution in [0.25, 0.3) is 0 Å². The van der Waals surface area contributed by atoms with Crippen molar-refractivity contribution in [2.75, 3.05) is 13.2 Å². The minimum Gasteiger partial charge on any atom is -0.378 e. The van der Waals surface area contributed by atoms with Gasteiger partial charge >= 0.3 is 0 Å². The molecule has 2 heteroatoms. The Labute approximate surface area is 104 Å². The Balaban J connectivity index is 1.88. The lowest BCUT2D eigenvalue weighted by Crippen LogP contribution is -2.47. The third-order valence-electron chi connectivity index (χ3n) is 3.27. The molecule has 1 aromatic carbocycles. The fourth-order valence-corrected chi connectivity index (χ4v) is 2.61. The summed E-state index contributed by atoms with van der Waals surface area (Å²) in [6.07, 6.45) is 2.30. The number of hydrogen-bond donors (Lipinski definition) is 1. The molecule has 0 saturated carbocycles. The molecule has 0 aromatic heterocycles. The quantitative estimate of drug-likeness (QED) is 0.866. The van der Waals surface area contributed by atoms with E-state index in [4.69, 9.17) is 4.74 Å². The Kier molecular flexibility index (Phi) is 4.19. The maximum atomic E-state index is 5.57. The average Bonchev–Trinajstić information content (AvgIpc) is 2.25. The topological polar surface area (TPSA) is 21.3 Å². The first-order valence-electron chi connectivity index (χ1n) is 6.54. The third kappa shape index (κ3) is 3.83. The number of ether oxygens (including phenoxy) is 1. The van der Waals surface area contributed by atoms with Gasteiger partial charge in [-0.25, -0.2) is 0 Å². The van der Waals surface area contributed by atoms with Crippen LogP contribution in [0.2, 0.25) is 0 Å². The Bertz CT molecular complexity index is 355. The van der Waals surface area contributed by atoms with E-state index in [1.165, 1.54) is 16.7 Å². The Hall–Kier alpha value is -0.860. The van der Waals surface area contributed by atoms with Crippen molar-refractivity contribution in [3.05, 3.63) is 34.9 Å². The van der Waals surface area contributed by atoms with E-state index in [2.05, 4.69) is 44.3 Å². The average molecular weight is 233 g/mol. The zero-order chi connectivity index (χ0) is 12.3. The van der Waals surface area contributed by atoms with E-state index in [1.54, 1.807) is 0 Å². The van der Waals surface area contributed by atoms with Crippen LogP contribution >= 0.6 is 0 Å². The van der Waals surface area contributed by atoms with Crippen molar-refractivity contribution >= 4 is 0 Å². The molecule has 1 saturated heterocycles. The second-order valence-corrected chi connectivity index (χ2v) is 5.34. The molecule has 1 aromatic rings. The molecule has 0 aliphatic carbocycles. The molecular weight excluding hydrogens is 210 g/mol. The van der Waals surface area contributed by atoms with E-state index >= 15 is 0 Å². The molecule has 2 rings (SSSR count). The fourth-order valence-electron chi connectivity index (χ4n) is 2.61. The monoisotopic (exact) mass is 233 g/mol. The van der Waals surface area contributed by atoms with E-state index in [0.717, 1.165) is 26.1 Å². The van der Waals surface area contributed by atoms with Crippen LogP contribution in [0.15, 0.2) is 18.2 Å². The van der Waals surface area contributed by atoms with Crippen LogP contribution in [0.5, 0.6) is 0 Å². The molecule has 0 radical (unpaired) electrons. The first kappa shape index (κ1) is 12.6. The minimum absolute atomic E-state index is 0.494. The zero-order valence-corrected chi connectivity index (χ0v) is 11.1. The van der Waals surface area contributed by atoms with E-state index in [9.17, 15) is 0 Å². The SMILES string of the molecule is Cc1cc(C)cc(CCC2COCC(C)N2)c1. The molecule has 1 aliphatic heterocycles. The highest BCUT2D eigenvalue weighted by atomic mass is 16.5. The molecule has 2 nitrogen and oxygen atoms in total. The van der Waals surface area contributed by atoms with Crippen molar-refractivity contribution in [1.82, 2.24) is 5.32 Å². The number of morpholine rings is 1. The van der Waals surface area contributed by atoms with Crippen molar-refractivity contribution in [2.24, 2.45) is 0 Å². The Morgan fingerprint density at radius 2 is 1.88 bits per heavy atom. The van der Waals surface area contributed by atoms with Gasteiger partial charge in [0.2, 0.25) is 0 Å². The van der Waals surface area contributed by atoms with Gasteiger partial charge in [-0.05, 0) is 39.2 Å². The predicted molar refractivity (Wildman–Crippen MR) is 71.4 cm³/mol. The van der Waals surface area contributed by atoms with Gasteiger partial charge in [0.25, 0.3) is 0 Å². The van der Waals surface area contributed by atoms with Gasteiger partial charge in [0.05, 0.1) is 13.2 Å². The second kappa shape index (κ2) is 5.65. The first-order chi connectivity index (χ1) is 8.13. The maximum Gasteiger partial charge on any atom is 0.0620 e. The van der Waals surface area contributed by atoms with Gasteiger partial charge in [0.15, 0.2) is 0 Å². The fraction of sp³-hybridized carbons (Fsp3) is 0.600. The molecule has 17 heavy (non-hydrogen) atoms. The summed E-state index contributed by atoms with van der Waals surface area (Å²) in [4.78, 5) is 0. The van der Waals surface area contributed by atoms with Gasteiger partial charge in [-0.15, -0.1) is 0 Å². The first-order valence-corrected chi connectivity index (χ1v) is 6.54. The Morgan fingerprint density at radius 1 is 1.18 bits per heavy atom. The van der Waals surface area contributed by atoms with Gasteiger partial charge in [-0.3, -0.25) is 0 Å². The lowest BCUT2D eigenvalue weighted by atomic mass is 10.0. The van der Waals surface area contributed by atoms with Crippen LogP contribution in [-0.2, 0) is 11.2 Å². The van der Waals surface area contributed by atoms with Gasteiger partial charge in [-0.2, -0.15) is 0 Å². The third-order valence-corrected chi connectivity index (χ3v) is 3.27. The molecule has 94 valence electrons. The smallest absolute Gasteiger partial charge is 0.0620 e. The van der Waals surface area contributed by atoms with E-state index in [1.807, 2.05) is 0 Å². The van der Waals surface area contributed by atoms with Crippen LogP contribution in [0.4, 0.5) is 0 Å². The van der Waals surface area contributed by atoms with Crippen molar-refractivity contribution in [2.45, 2.75) is 45.7 Å². The van der Waals surface area contributed by atoms with Crippen molar-refractivity contribution in [3.63, 3.8) is 0 Å². The lowest BCUT2D eigenvalue weighted by molar-refractivity contribution is 0.0483. The van der Waals surface area contributed by atoms with Crippen LogP contribution in [0, 0.1) is 13.8 Å². The second-order valence-electron chi connectivity index (χ2n) is 5.34. The van der Waals surface area contributed by atoms with Gasteiger partial charge < -0.3 is 10.1 Å². The highest BCUT2D eigenvalue weighted by molar-refractivity contribution is 5.28. The Morgan fingerprint density at radius 3 is 2.53 bits per heavy atom. The molecule has 1 N–H and O–H groups in total. The summed E-state index contributed by atoms with van der Waals surface area (Å²) < 4.78 is 5.57. The largest absolute Gasteiger partial charge is 0.378 e. The number of hydrogen-bond acceptors (Lipinski definition) is 2. The van der Waals surface area contributed by atoms with Gasteiger partial charge in [0.1, 0.15) is 0 Å². The van der Waals surface area contributed by atoms with Gasteiger partial charge in [-0.1, -0.05) is 29.3 Å². The molecule has 1 fully saturated rings. The van der Waals surface area contributed by atoms with E-state index in [-0.39, 0.29) is 0 Å². The van der Waals surface area contributed by atoms with Crippen LogP contribution in [0.3, 0.4) is 0 Å². The number of aryl methyl sites for hydroxylation is 3. The summed E-state index contributed by atoms with van der Waals surface area (Å²) in [5, 5.41) is 3.59. The van der Waals surface area contributed by atoms with Crippen LogP contribution in [0.1, 0.15) is 30.0 Å². The highest BCUT2D eigenvalue weighted by Gasteiger charge is 2.17. The number of rotatable bonds is 3. The molecule has 0 spiro atoms. The summed E-state index contributed by atoms with van der Waals surface area (Å²) in [6.45, 7) is 8.22. The standard InChI is InChI=1S/C15H23NO/c1-11-6-12(2)8-14(7-11)4-5-15-10-17-9-13(3)16-15/h6-8,13,15-16H,4-5,9-10H2,1-3H3. The van der Waals surface area contributed by atoms with E-state index in [0.29, 0.717) is 12.1 Å². The number of benzene rings is 1. The van der Waals surface area contributed by atoms with E-state index < -0.39 is 0 Å². The molecule has 2 unspecified atom stereocenters. The highest BCUT2D eigenvalue weighted by Crippen LogP contribution is 2.13. The molecular formula is C15H23NO. The summed E-state index contributed by atoms with van der Waals surface area (Å²) >= 11 is 0. The predicted octanol–water partition coefficient (Wildman–Crippen LogP) is 2.61.